The van der Waals surface area contributed by atoms with Crippen LogP contribution in [0.1, 0.15) is 34.5 Å². The van der Waals surface area contributed by atoms with Crippen molar-refractivity contribution in [3.8, 4) is 0 Å². The number of fused-ring (bicyclic) bond motifs is 1. The predicted molar refractivity (Wildman–Crippen MR) is 124 cm³/mol. The largest absolute Gasteiger partial charge is 0.351 e. The van der Waals surface area contributed by atoms with Crippen molar-refractivity contribution in [1.82, 2.24) is 14.6 Å². The molecule has 0 radical (unpaired) electrons. The van der Waals surface area contributed by atoms with E-state index in [0.717, 1.165) is 48.8 Å². The molecule has 0 spiro atoms. The Morgan fingerprint density at radius 2 is 1.74 bits per heavy atom. The average molecular weight is 440 g/mol. The van der Waals surface area contributed by atoms with E-state index in [9.17, 15) is 13.2 Å². The molecule has 2 N–H and O–H groups in total. The number of hydrogen-bond donors (Lipinski definition) is 2. The average Bonchev–Trinajstić information content (AvgIpc) is 3.18. The Kier molecular flexibility index (Phi) is 6.43. The molecule has 1 aliphatic rings. The van der Waals surface area contributed by atoms with Crippen molar-refractivity contribution < 1.29 is 13.2 Å². The summed E-state index contributed by atoms with van der Waals surface area (Å²) in [5.41, 5.74) is 4.08. The van der Waals surface area contributed by atoms with Crippen LogP contribution in [0, 0.1) is 5.92 Å². The van der Waals surface area contributed by atoms with Gasteiger partial charge in [-0.2, -0.15) is 0 Å². The third-order valence-corrected chi connectivity index (χ3v) is 6.72. The molecule has 0 aliphatic carbocycles. The Labute approximate surface area is 183 Å². The molecule has 1 aliphatic heterocycles. The quantitative estimate of drug-likeness (QED) is 0.592. The molecule has 0 saturated carbocycles. The van der Waals surface area contributed by atoms with Gasteiger partial charge in [0.05, 0.1) is 6.26 Å². The highest BCUT2D eigenvalue weighted by Crippen LogP contribution is 2.24. The van der Waals surface area contributed by atoms with Crippen LogP contribution in [0.4, 0.5) is 0 Å². The molecule has 1 amide bonds. The molecule has 3 aromatic rings. The summed E-state index contributed by atoms with van der Waals surface area (Å²) < 4.78 is 24.8. The first-order chi connectivity index (χ1) is 14.9. The van der Waals surface area contributed by atoms with Gasteiger partial charge in [0.1, 0.15) is 5.69 Å². The number of nitrogens with zero attached hydrogens (tertiary/aromatic N) is 1. The van der Waals surface area contributed by atoms with E-state index in [0.29, 0.717) is 24.6 Å². The van der Waals surface area contributed by atoms with E-state index >= 15 is 0 Å². The van der Waals surface area contributed by atoms with Gasteiger partial charge in [-0.1, -0.05) is 42.5 Å². The smallest absolute Gasteiger partial charge is 0.270 e. The van der Waals surface area contributed by atoms with Crippen LogP contribution in [-0.2, 0) is 22.9 Å². The van der Waals surface area contributed by atoms with Gasteiger partial charge in [-0.3, -0.25) is 4.79 Å². The van der Waals surface area contributed by atoms with E-state index in [4.69, 9.17) is 0 Å². The second kappa shape index (κ2) is 9.24. The number of para-hydroxylation sites is 1. The number of aromatic amines is 1. The summed E-state index contributed by atoms with van der Waals surface area (Å²) >= 11 is 0. The van der Waals surface area contributed by atoms with Gasteiger partial charge in [-0.25, -0.2) is 13.1 Å². The van der Waals surface area contributed by atoms with E-state index in [-0.39, 0.29) is 5.91 Å². The summed E-state index contributed by atoms with van der Waals surface area (Å²) in [6.07, 6.45) is 4.88. The fraction of sp³-hybridized carbons (Fsp3) is 0.375. The third-order valence-electron chi connectivity index (χ3n) is 5.99. The molecule has 7 heteroatoms. The summed E-state index contributed by atoms with van der Waals surface area (Å²) in [6.45, 7) is 1.99. The van der Waals surface area contributed by atoms with Crippen molar-refractivity contribution in [2.75, 3.05) is 25.9 Å². The SMILES string of the molecule is CS(=O)(=O)NCCc1ccc(CC2CCN(C(=O)c3cc4ccccc4[nH]3)CC2)cc1. The molecule has 0 bridgehead atoms. The monoisotopic (exact) mass is 439 g/mol. The lowest BCUT2D eigenvalue weighted by atomic mass is 9.89. The third kappa shape index (κ3) is 5.74. The molecular formula is C24H29N3O3S. The van der Waals surface area contributed by atoms with Gasteiger partial charge in [0, 0.05) is 30.5 Å². The molecule has 0 unspecified atom stereocenters. The van der Waals surface area contributed by atoms with Crippen molar-refractivity contribution in [2.45, 2.75) is 25.7 Å². The Hall–Kier alpha value is -2.64. The van der Waals surface area contributed by atoms with Crippen molar-refractivity contribution in [2.24, 2.45) is 5.92 Å². The molecule has 1 aromatic heterocycles. The van der Waals surface area contributed by atoms with Gasteiger partial charge in [-0.05, 0) is 54.9 Å². The first-order valence-corrected chi connectivity index (χ1v) is 12.7. The maximum absolute atomic E-state index is 12.9. The first-order valence-electron chi connectivity index (χ1n) is 10.8. The van der Waals surface area contributed by atoms with Crippen LogP contribution in [0.2, 0.25) is 0 Å². The second-order valence-electron chi connectivity index (χ2n) is 8.44. The molecule has 2 heterocycles. The van der Waals surface area contributed by atoms with E-state index in [2.05, 4.69) is 34.0 Å². The van der Waals surface area contributed by atoms with Crippen LogP contribution < -0.4 is 4.72 Å². The fourth-order valence-electron chi connectivity index (χ4n) is 4.26. The van der Waals surface area contributed by atoms with Gasteiger partial charge >= 0.3 is 0 Å². The molecule has 31 heavy (non-hydrogen) atoms. The number of carbonyl (C=O) groups excluding carboxylic acids is 1. The molecule has 164 valence electrons. The van der Waals surface area contributed by atoms with Crippen molar-refractivity contribution >= 4 is 26.8 Å². The van der Waals surface area contributed by atoms with Gasteiger partial charge in [0.2, 0.25) is 10.0 Å². The maximum atomic E-state index is 12.9. The molecule has 2 aromatic carbocycles. The Balaban J connectivity index is 1.26. The van der Waals surface area contributed by atoms with Crippen molar-refractivity contribution in [1.29, 1.82) is 0 Å². The number of rotatable bonds is 7. The highest BCUT2D eigenvalue weighted by Gasteiger charge is 2.24. The number of nitrogens with one attached hydrogen (secondary N) is 2. The van der Waals surface area contributed by atoms with Crippen LogP contribution in [-0.4, -0.2) is 50.1 Å². The Morgan fingerprint density at radius 3 is 2.42 bits per heavy atom. The number of piperidine rings is 1. The number of hydrogen-bond acceptors (Lipinski definition) is 3. The molecule has 4 rings (SSSR count). The fourth-order valence-corrected chi connectivity index (χ4v) is 4.73. The van der Waals surface area contributed by atoms with Crippen LogP contribution in [0.25, 0.3) is 10.9 Å². The Bertz CT molecular complexity index is 1110. The number of H-pyrrole nitrogens is 1. The summed E-state index contributed by atoms with van der Waals surface area (Å²) in [7, 11) is -3.14. The van der Waals surface area contributed by atoms with Crippen LogP contribution in [0.3, 0.4) is 0 Å². The first kappa shape index (κ1) is 21.6. The lowest BCUT2D eigenvalue weighted by Gasteiger charge is -2.32. The molecule has 1 fully saturated rings. The van der Waals surface area contributed by atoms with Crippen LogP contribution in [0.5, 0.6) is 0 Å². The van der Waals surface area contributed by atoms with Crippen LogP contribution >= 0.6 is 0 Å². The summed E-state index contributed by atoms with van der Waals surface area (Å²) in [5, 5.41) is 1.07. The zero-order valence-electron chi connectivity index (χ0n) is 17.8. The van der Waals surface area contributed by atoms with Crippen LogP contribution in [0.15, 0.2) is 54.6 Å². The topological polar surface area (TPSA) is 82.3 Å². The highest BCUT2D eigenvalue weighted by atomic mass is 32.2. The second-order valence-corrected chi connectivity index (χ2v) is 10.3. The minimum Gasteiger partial charge on any atom is -0.351 e. The lowest BCUT2D eigenvalue weighted by Crippen LogP contribution is -2.39. The van der Waals surface area contributed by atoms with Gasteiger partial charge in [-0.15, -0.1) is 0 Å². The predicted octanol–water partition coefficient (Wildman–Crippen LogP) is 3.35. The number of sulfonamides is 1. The number of amides is 1. The molecular weight excluding hydrogens is 410 g/mol. The summed E-state index contributed by atoms with van der Waals surface area (Å²) in [5.74, 6) is 0.659. The summed E-state index contributed by atoms with van der Waals surface area (Å²) in [4.78, 5) is 18.1. The lowest BCUT2D eigenvalue weighted by molar-refractivity contribution is 0.0685. The highest BCUT2D eigenvalue weighted by molar-refractivity contribution is 7.88. The number of benzene rings is 2. The van der Waals surface area contributed by atoms with Gasteiger partial charge in [0.15, 0.2) is 0 Å². The van der Waals surface area contributed by atoms with E-state index in [1.54, 1.807) is 0 Å². The maximum Gasteiger partial charge on any atom is 0.270 e. The molecule has 0 atom stereocenters. The van der Waals surface area contributed by atoms with Crippen molar-refractivity contribution in [3.63, 3.8) is 0 Å². The summed E-state index contributed by atoms with van der Waals surface area (Å²) in [6, 6.07) is 18.3. The zero-order chi connectivity index (χ0) is 21.8. The van der Waals surface area contributed by atoms with Gasteiger partial charge in [0.25, 0.3) is 5.91 Å². The Morgan fingerprint density at radius 1 is 1.06 bits per heavy atom. The van der Waals surface area contributed by atoms with E-state index < -0.39 is 10.0 Å². The number of aromatic nitrogens is 1. The molecule has 6 nitrogen and oxygen atoms in total. The number of likely N-dealkylation sites (tertiary alicyclic amines) is 1. The normalized spacial score (nSPS) is 15.5. The van der Waals surface area contributed by atoms with Gasteiger partial charge < -0.3 is 9.88 Å². The number of carbonyl (C=O) groups is 1. The minimum atomic E-state index is -3.14. The zero-order valence-corrected chi connectivity index (χ0v) is 18.6. The standard InChI is InChI=1S/C24H29N3O3S/c1-31(29,30)25-13-10-18-6-8-19(9-7-18)16-20-11-14-27(15-12-20)24(28)23-17-21-4-2-3-5-22(21)26-23/h2-9,17,20,25-26H,10-16H2,1H3. The molecule has 1 saturated heterocycles. The van der Waals surface area contributed by atoms with E-state index in [1.165, 1.54) is 11.8 Å². The minimum absolute atomic E-state index is 0.0849. The van der Waals surface area contributed by atoms with E-state index in [1.807, 2.05) is 35.2 Å². The van der Waals surface area contributed by atoms with Crippen molar-refractivity contribution in [3.05, 3.63) is 71.4 Å².